The van der Waals surface area contributed by atoms with Gasteiger partial charge >= 0.3 is 0 Å². The van der Waals surface area contributed by atoms with Gasteiger partial charge in [-0.05, 0) is 52.2 Å². The van der Waals surface area contributed by atoms with Crippen LogP contribution < -0.4 is 5.32 Å². The average Bonchev–Trinajstić information content (AvgIpc) is 2.68. The highest BCUT2D eigenvalue weighted by Gasteiger charge is 2.30. The average molecular weight is 212 g/mol. The van der Waals surface area contributed by atoms with Gasteiger partial charge < -0.3 is 10.1 Å². The van der Waals surface area contributed by atoms with Crippen molar-refractivity contribution in [3.8, 4) is 0 Å². The maximum absolute atomic E-state index is 5.53. The summed E-state index contributed by atoms with van der Waals surface area (Å²) in [6, 6.07) is 0. The molecular weight excluding hydrogens is 188 g/mol. The van der Waals surface area contributed by atoms with Crippen LogP contribution in [-0.2, 0) is 4.74 Å². The van der Waals surface area contributed by atoms with E-state index in [1.165, 1.54) is 32.5 Å². The molecule has 0 aromatic carbocycles. The minimum absolute atomic E-state index is 0.240. The maximum Gasteiger partial charge on any atom is 0.0645 e. The number of morpholine rings is 1. The molecule has 2 fully saturated rings. The largest absolute Gasteiger partial charge is 0.378 e. The van der Waals surface area contributed by atoms with Crippen molar-refractivity contribution in [1.29, 1.82) is 0 Å². The van der Waals surface area contributed by atoms with Gasteiger partial charge in [0.2, 0.25) is 0 Å². The molecule has 0 aromatic rings. The van der Waals surface area contributed by atoms with Gasteiger partial charge in [-0.3, -0.25) is 4.90 Å². The zero-order chi connectivity index (χ0) is 10.7. The minimum Gasteiger partial charge on any atom is -0.378 e. The third-order valence-corrected chi connectivity index (χ3v) is 3.79. The van der Waals surface area contributed by atoms with Crippen LogP contribution in [0.3, 0.4) is 0 Å². The third kappa shape index (κ3) is 2.92. The van der Waals surface area contributed by atoms with Crippen LogP contribution in [0.25, 0.3) is 0 Å². The summed E-state index contributed by atoms with van der Waals surface area (Å²) in [6.07, 6.45) is 2.71. The smallest absolute Gasteiger partial charge is 0.0645 e. The van der Waals surface area contributed by atoms with Gasteiger partial charge in [0.05, 0.1) is 13.2 Å². The predicted molar refractivity (Wildman–Crippen MR) is 62.1 cm³/mol. The molecule has 3 heteroatoms. The van der Waals surface area contributed by atoms with Crippen LogP contribution in [0.1, 0.15) is 26.7 Å². The molecule has 0 saturated carbocycles. The molecule has 2 aliphatic rings. The van der Waals surface area contributed by atoms with E-state index in [2.05, 4.69) is 24.1 Å². The van der Waals surface area contributed by atoms with Crippen molar-refractivity contribution in [2.24, 2.45) is 5.92 Å². The summed E-state index contributed by atoms with van der Waals surface area (Å²) in [5, 5.41) is 3.44. The summed E-state index contributed by atoms with van der Waals surface area (Å²) in [5.74, 6) is 0.906. The summed E-state index contributed by atoms with van der Waals surface area (Å²) >= 11 is 0. The molecule has 1 atom stereocenters. The highest BCUT2D eigenvalue weighted by atomic mass is 16.5. The van der Waals surface area contributed by atoms with Crippen molar-refractivity contribution >= 4 is 0 Å². The van der Waals surface area contributed by atoms with E-state index in [0.717, 1.165) is 25.7 Å². The fraction of sp³-hybridized carbons (Fsp3) is 1.00. The molecule has 2 aliphatic heterocycles. The fourth-order valence-electron chi connectivity index (χ4n) is 2.60. The second kappa shape index (κ2) is 4.81. The van der Waals surface area contributed by atoms with E-state index in [1.807, 2.05) is 0 Å². The Hall–Kier alpha value is -0.120. The lowest BCUT2D eigenvalue weighted by molar-refractivity contribution is -0.0524. The lowest BCUT2D eigenvalue weighted by Gasteiger charge is -2.42. The van der Waals surface area contributed by atoms with Crippen molar-refractivity contribution in [1.82, 2.24) is 10.2 Å². The van der Waals surface area contributed by atoms with Crippen LogP contribution in [-0.4, -0.2) is 49.8 Å². The lowest BCUT2D eigenvalue weighted by atomic mass is 9.99. The van der Waals surface area contributed by atoms with E-state index < -0.39 is 0 Å². The van der Waals surface area contributed by atoms with E-state index in [9.17, 15) is 0 Å². The van der Waals surface area contributed by atoms with Gasteiger partial charge in [-0.2, -0.15) is 0 Å². The SMILES string of the molecule is CC1(C)COCCN1CCC1CCNC1. The van der Waals surface area contributed by atoms with Crippen LogP contribution in [0.4, 0.5) is 0 Å². The molecular formula is C12H24N2O. The van der Waals surface area contributed by atoms with Crippen LogP contribution >= 0.6 is 0 Å². The first-order valence-corrected chi connectivity index (χ1v) is 6.22. The second-order valence-corrected chi connectivity index (χ2v) is 5.50. The number of hydrogen-bond acceptors (Lipinski definition) is 3. The van der Waals surface area contributed by atoms with Gasteiger partial charge in [-0.25, -0.2) is 0 Å². The van der Waals surface area contributed by atoms with E-state index in [4.69, 9.17) is 4.74 Å². The molecule has 1 unspecified atom stereocenters. The Kier molecular flexibility index (Phi) is 3.65. The normalized spacial score (nSPS) is 32.0. The van der Waals surface area contributed by atoms with Crippen LogP contribution in [0, 0.1) is 5.92 Å². The first-order valence-electron chi connectivity index (χ1n) is 6.22. The summed E-state index contributed by atoms with van der Waals surface area (Å²) in [6.45, 7) is 11.2. The summed E-state index contributed by atoms with van der Waals surface area (Å²) in [5.41, 5.74) is 0.240. The molecule has 88 valence electrons. The highest BCUT2D eigenvalue weighted by molar-refractivity contribution is 4.85. The molecule has 2 heterocycles. The molecule has 15 heavy (non-hydrogen) atoms. The molecule has 0 amide bonds. The van der Waals surface area contributed by atoms with Gasteiger partial charge in [0.1, 0.15) is 0 Å². The molecule has 3 nitrogen and oxygen atoms in total. The Morgan fingerprint density at radius 1 is 1.47 bits per heavy atom. The Morgan fingerprint density at radius 3 is 3.00 bits per heavy atom. The van der Waals surface area contributed by atoms with Gasteiger partial charge in [-0.1, -0.05) is 0 Å². The third-order valence-electron chi connectivity index (χ3n) is 3.79. The highest BCUT2D eigenvalue weighted by Crippen LogP contribution is 2.21. The first kappa shape index (κ1) is 11.4. The zero-order valence-electron chi connectivity index (χ0n) is 10.1. The number of hydrogen-bond donors (Lipinski definition) is 1. The van der Waals surface area contributed by atoms with Crippen molar-refractivity contribution in [2.75, 3.05) is 39.4 Å². The topological polar surface area (TPSA) is 24.5 Å². The number of nitrogens with zero attached hydrogens (tertiary/aromatic N) is 1. The monoisotopic (exact) mass is 212 g/mol. The Balaban J connectivity index is 1.76. The summed E-state index contributed by atoms with van der Waals surface area (Å²) in [4.78, 5) is 2.59. The Bertz CT molecular complexity index is 200. The minimum atomic E-state index is 0.240. The quantitative estimate of drug-likeness (QED) is 0.758. The number of ether oxygens (including phenoxy) is 1. The molecule has 0 aromatic heterocycles. The van der Waals surface area contributed by atoms with E-state index in [1.54, 1.807) is 0 Å². The Labute approximate surface area is 93.2 Å². The summed E-state index contributed by atoms with van der Waals surface area (Å²) < 4.78 is 5.53. The lowest BCUT2D eigenvalue weighted by Crippen LogP contribution is -2.53. The standard InChI is InChI=1S/C12H24N2O/c1-12(2)10-15-8-7-14(12)6-4-11-3-5-13-9-11/h11,13H,3-10H2,1-2H3. The van der Waals surface area contributed by atoms with Crippen LogP contribution in [0.15, 0.2) is 0 Å². The van der Waals surface area contributed by atoms with Crippen molar-refractivity contribution in [3.05, 3.63) is 0 Å². The maximum atomic E-state index is 5.53. The molecule has 1 N–H and O–H groups in total. The van der Waals surface area contributed by atoms with Crippen molar-refractivity contribution in [3.63, 3.8) is 0 Å². The number of nitrogens with one attached hydrogen (secondary N) is 1. The van der Waals surface area contributed by atoms with Gasteiger partial charge in [0.15, 0.2) is 0 Å². The van der Waals surface area contributed by atoms with E-state index in [-0.39, 0.29) is 5.54 Å². The van der Waals surface area contributed by atoms with Crippen LogP contribution in [0.5, 0.6) is 0 Å². The van der Waals surface area contributed by atoms with Crippen molar-refractivity contribution < 1.29 is 4.74 Å². The van der Waals surface area contributed by atoms with Gasteiger partial charge in [-0.15, -0.1) is 0 Å². The molecule has 0 spiro atoms. The van der Waals surface area contributed by atoms with Crippen LogP contribution in [0.2, 0.25) is 0 Å². The van der Waals surface area contributed by atoms with Gasteiger partial charge in [0.25, 0.3) is 0 Å². The van der Waals surface area contributed by atoms with Crippen molar-refractivity contribution in [2.45, 2.75) is 32.2 Å². The molecule has 2 saturated heterocycles. The molecule has 2 rings (SSSR count). The van der Waals surface area contributed by atoms with E-state index in [0.29, 0.717) is 0 Å². The molecule has 0 radical (unpaired) electrons. The second-order valence-electron chi connectivity index (χ2n) is 5.50. The van der Waals surface area contributed by atoms with Gasteiger partial charge in [0, 0.05) is 12.1 Å². The Morgan fingerprint density at radius 2 is 2.33 bits per heavy atom. The fourth-order valence-corrected chi connectivity index (χ4v) is 2.60. The molecule has 0 aliphatic carbocycles. The molecule has 0 bridgehead atoms. The summed E-state index contributed by atoms with van der Waals surface area (Å²) in [7, 11) is 0. The zero-order valence-corrected chi connectivity index (χ0v) is 10.1. The number of rotatable bonds is 3. The first-order chi connectivity index (χ1) is 7.18. The predicted octanol–water partition coefficient (Wildman–Crippen LogP) is 1.10. The van der Waals surface area contributed by atoms with E-state index >= 15 is 0 Å².